The highest BCUT2D eigenvalue weighted by Gasteiger charge is 2.32. The van der Waals surface area contributed by atoms with E-state index in [0.717, 1.165) is 34.1 Å². The largest absolute Gasteiger partial charge is 0.444 e. The Hall–Kier alpha value is -2.70. The number of aromatic nitrogens is 4. The van der Waals surface area contributed by atoms with E-state index in [1.54, 1.807) is 23.6 Å². The average molecular weight is 339 g/mol. The van der Waals surface area contributed by atoms with Crippen molar-refractivity contribution in [3.8, 4) is 0 Å². The number of aromatic amines is 1. The Bertz CT molecular complexity index is 943. The highest BCUT2D eigenvalue weighted by molar-refractivity contribution is 6.04. The summed E-state index contributed by atoms with van der Waals surface area (Å²) in [6, 6.07) is 1.96. The molecule has 3 aromatic heterocycles. The van der Waals surface area contributed by atoms with Crippen molar-refractivity contribution in [2.45, 2.75) is 38.7 Å². The summed E-state index contributed by atoms with van der Waals surface area (Å²) in [4.78, 5) is 30.4. The fraction of sp³-hybridized carbons (Fsp3) is 0.444. The lowest BCUT2D eigenvalue weighted by molar-refractivity contribution is 0.0292. The van der Waals surface area contributed by atoms with E-state index >= 15 is 0 Å². The van der Waals surface area contributed by atoms with Gasteiger partial charge in [-0.1, -0.05) is 0 Å². The third-order valence-corrected chi connectivity index (χ3v) is 4.45. The Labute approximate surface area is 145 Å². The van der Waals surface area contributed by atoms with Crippen LogP contribution in [-0.4, -0.2) is 49.6 Å². The quantitative estimate of drug-likeness (QED) is 0.736. The summed E-state index contributed by atoms with van der Waals surface area (Å²) in [6.07, 6.45) is 5.83. The number of nitrogens with one attached hydrogen (secondary N) is 1. The number of hydrogen-bond donors (Lipinski definition) is 1. The summed E-state index contributed by atoms with van der Waals surface area (Å²) in [6.45, 7) is 6.96. The van der Waals surface area contributed by atoms with Gasteiger partial charge < -0.3 is 14.6 Å². The summed E-state index contributed by atoms with van der Waals surface area (Å²) >= 11 is 0. The molecular weight excluding hydrogens is 318 g/mol. The molecule has 0 aromatic carbocycles. The second kappa shape index (κ2) is 5.68. The third-order valence-electron chi connectivity index (χ3n) is 4.45. The molecule has 0 bridgehead atoms. The number of ether oxygens (including phenoxy) is 1. The fourth-order valence-corrected chi connectivity index (χ4v) is 3.38. The second-order valence-corrected chi connectivity index (χ2v) is 7.43. The van der Waals surface area contributed by atoms with Gasteiger partial charge in [-0.3, -0.25) is 0 Å². The predicted octanol–water partition coefficient (Wildman–Crippen LogP) is 3.23. The van der Waals surface area contributed by atoms with Crippen molar-refractivity contribution in [3.05, 3.63) is 30.5 Å². The number of nitrogens with zero attached hydrogens (tertiary/aromatic N) is 4. The number of carbonyl (C=O) groups excluding carboxylic acids is 1. The zero-order valence-electron chi connectivity index (χ0n) is 14.6. The van der Waals surface area contributed by atoms with Crippen molar-refractivity contribution in [1.82, 2.24) is 24.8 Å². The normalized spacial score (nSPS) is 18.2. The summed E-state index contributed by atoms with van der Waals surface area (Å²) in [7, 11) is 0. The molecule has 0 aliphatic carbocycles. The van der Waals surface area contributed by atoms with Crippen molar-refractivity contribution in [3.63, 3.8) is 0 Å². The molecule has 3 aromatic rings. The van der Waals surface area contributed by atoms with E-state index in [1.165, 1.54) is 0 Å². The number of hydrogen-bond acceptors (Lipinski definition) is 5. The first-order valence-corrected chi connectivity index (χ1v) is 8.47. The van der Waals surface area contributed by atoms with Crippen molar-refractivity contribution in [2.75, 3.05) is 13.1 Å². The molecule has 1 aliphatic rings. The predicted molar refractivity (Wildman–Crippen MR) is 94.4 cm³/mol. The molecule has 1 aliphatic heterocycles. The van der Waals surface area contributed by atoms with E-state index in [-0.39, 0.29) is 12.0 Å². The van der Waals surface area contributed by atoms with Gasteiger partial charge in [-0.15, -0.1) is 0 Å². The highest BCUT2D eigenvalue weighted by Crippen LogP contribution is 2.33. The van der Waals surface area contributed by atoms with Crippen molar-refractivity contribution < 1.29 is 9.53 Å². The second-order valence-electron chi connectivity index (χ2n) is 7.43. The van der Waals surface area contributed by atoms with E-state index in [0.29, 0.717) is 13.1 Å². The van der Waals surface area contributed by atoms with Gasteiger partial charge in [0.25, 0.3) is 0 Å². The molecule has 0 radical (unpaired) electrons. The maximum atomic E-state index is 12.3. The van der Waals surface area contributed by atoms with Crippen LogP contribution >= 0.6 is 0 Å². The van der Waals surface area contributed by atoms with E-state index in [9.17, 15) is 4.79 Å². The van der Waals surface area contributed by atoms with Crippen molar-refractivity contribution in [2.24, 2.45) is 0 Å². The topological polar surface area (TPSA) is 84.0 Å². The van der Waals surface area contributed by atoms with Gasteiger partial charge in [0, 0.05) is 41.7 Å². The molecule has 0 spiro atoms. The molecule has 7 heteroatoms. The van der Waals surface area contributed by atoms with Gasteiger partial charge in [0.1, 0.15) is 5.60 Å². The third kappa shape index (κ3) is 2.90. The van der Waals surface area contributed by atoms with Crippen LogP contribution in [0.1, 0.15) is 38.8 Å². The summed E-state index contributed by atoms with van der Waals surface area (Å²) in [5.74, 6) is 0.207. The van der Waals surface area contributed by atoms with E-state index in [1.807, 2.05) is 26.8 Å². The monoisotopic (exact) mass is 339 g/mol. The SMILES string of the molecule is CC(C)(C)OC(=O)N1CCC(c2[nH]cnc3cnc4nccc4c23)C1. The van der Waals surface area contributed by atoms with Gasteiger partial charge >= 0.3 is 6.09 Å². The lowest BCUT2D eigenvalue weighted by Gasteiger charge is -2.24. The van der Waals surface area contributed by atoms with Crippen molar-refractivity contribution in [1.29, 1.82) is 0 Å². The Morgan fingerprint density at radius 2 is 2.16 bits per heavy atom. The van der Waals surface area contributed by atoms with E-state index in [2.05, 4.69) is 19.9 Å². The first-order chi connectivity index (χ1) is 11.9. The minimum atomic E-state index is -0.483. The maximum Gasteiger partial charge on any atom is 0.410 e. The molecule has 0 saturated carbocycles. The molecule has 7 nitrogen and oxygen atoms in total. The molecule has 130 valence electrons. The number of H-pyrrole nitrogens is 1. The molecule has 4 rings (SSSR count). The lowest BCUT2D eigenvalue weighted by atomic mass is 9.99. The first-order valence-electron chi connectivity index (χ1n) is 8.47. The van der Waals surface area contributed by atoms with Crippen molar-refractivity contribution >= 4 is 28.0 Å². The van der Waals surface area contributed by atoms with Gasteiger partial charge in [-0.05, 0) is 33.3 Å². The molecule has 1 atom stereocenters. The highest BCUT2D eigenvalue weighted by atomic mass is 16.6. The zero-order valence-corrected chi connectivity index (χ0v) is 14.6. The minimum Gasteiger partial charge on any atom is -0.444 e. The van der Waals surface area contributed by atoms with Crippen LogP contribution in [0, 0.1) is 0 Å². The molecule has 1 saturated heterocycles. The fourth-order valence-electron chi connectivity index (χ4n) is 3.38. The number of fused-ring (bicyclic) bond motifs is 3. The van der Waals surface area contributed by atoms with Gasteiger partial charge in [-0.25, -0.2) is 19.7 Å². The number of pyridine rings is 1. The van der Waals surface area contributed by atoms with Crippen LogP contribution in [0.15, 0.2) is 24.8 Å². The summed E-state index contributed by atoms with van der Waals surface area (Å²) < 4.78 is 5.50. The zero-order chi connectivity index (χ0) is 17.6. The Kier molecular flexibility index (Phi) is 3.59. The minimum absolute atomic E-state index is 0.207. The number of amides is 1. The Morgan fingerprint density at radius 3 is 2.96 bits per heavy atom. The Balaban J connectivity index is 1.67. The number of rotatable bonds is 1. The van der Waals surface area contributed by atoms with Crippen LogP contribution in [0.2, 0.25) is 0 Å². The van der Waals surface area contributed by atoms with Crippen LogP contribution in [0.5, 0.6) is 0 Å². The van der Waals surface area contributed by atoms with Crippen LogP contribution in [-0.2, 0) is 4.74 Å². The molecular formula is C18H21N5O2. The summed E-state index contributed by atoms with van der Waals surface area (Å²) in [5, 5.41) is 2.04. The summed E-state index contributed by atoms with van der Waals surface area (Å²) in [5.41, 5.74) is 2.15. The van der Waals surface area contributed by atoms with E-state index < -0.39 is 5.60 Å². The van der Waals surface area contributed by atoms with E-state index in [4.69, 9.17) is 4.74 Å². The standard InChI is InChI=1S/C18H21N5O2/c1-18(2,3)25-17(24)23-7-5-11(9-23)15-14-12-4-6-19-16(12)20-8-13(14)21-10-22-15/h4,6,8,10-11H,5,7,9H2,1-3H3,(H,21,22). The Morgan fingerprint density at radius 1 is 1.32 bits per heavy atom. The molecule has 1 unspecified atom stereocenters. The van der Waals surface area contributed by atoms with Gasteiger partial charge in [0.2, 0.25) is 0 Å². The smallest absolute Gasteiger partial charge is 0.410 e. The van der Waals surface area contributed by atoms with Gasteiger partial charge in [-0.2, -0.15) is 0 Å². The first kappa shape index (κ1) is 15.8. The molecule has 1 amide bonds. The average Bonchev–Trinajstić information content (AvgIpc) is 3.22. The van der Waals surface area contributed by atoms with Crippen LogP contribution in [0.4, 0.5) is 4.79 Å². The number of carbonyl (C=O) groups is 1. The molecule has 4 heterocycles. The van der Waals surface area contributed by atoms with Gasteiger partial charge in [0.05, 0.1) is 18.0 Å². The van der Waals surface area contributed by atoms with Gasteiger partial charge in [0.15, 0.2) is 5.65 Å². The van der Waals surface area contributed by atoms with Crippen LogP contribution in [0.3, 0.4) is 0 Å². The van der Waals surface area contributed by atoms with Crippen LogP contribution in [0.25, 0.3) is 21.9 Å². The molecule has 1 fully saturated rings. The molecule has 1 N–H and O–H groups in total. The molecule has 25 heavy (non-hydrogen) atoms. The number of likely N-dealkylation sites (tertiary alicyclic amines) is 1. The van der Waals surface area contributed by atoms with Crippen LogP contribution < -0.4 is 0 Å². The maximum absolute atomic E-state index is 12.3. The lowest BCUT2D eigenvalue weighted by Crippen LogP contribution is -2.35.